The highest BCUT2D eigenvalue weighted by atomic mass is 32.2. The van der Waals surface area contributed by atoms with Crippen molar-refractivity contribution in [3.8, 4) is 11.5 Å². The monoisotopic (exact) mass is 337 g/mol. The molecule has 120 valence electrons. The number of nitrogens with one attached hydrogen (secondary N) is 1. The highest BCUT2D eigenvalue weighted by molar-refractivity contribution is 7.99. The summed E-state index contributed by atoms with van der Waals surface area (Å²) in [5.74, 6) is -1.63. The Bertz CT molecular complexity index is 707. The Labute approximate surface area is 135 Å². The van der Waals surface area contributed by atoms with Gasteiger partial charge in [0.05, 0.1) is 0 Å². The molecule has 7 heteroatoms. The van der Waals surface area contributed by atoms with E-state index in [4.69, 9.17) is 9.47 Å². The van der Waals surface area contributed by atoms with Crippen LogP contribution in [0.2, 0.25) is 0 Å². The van der Waals surface area contributed by atoms with Crippen LogP contribution in [0.15, 0.2) is 47.4 Å². The van der Waals surface area contributed by atoms with Crippen LogP contribution in [0.25, 0.3) is 0 Å². The van der Waals surface area contributed by atoms with Crippen LogP contribution in [-0.2, 0) is 0 Å². The van der Waals surface area contributed by atoms with Gasteiger partial charge in [-0.25, -0.2) is 0 Å². The van der Waals surface area contributed by atoms with Crippen molar-refractivity contribution in [3.05, 3.63) is 48.0 Å². The molecule has 0 aromatic heterocycles. The molecule has 0 unspecified atom stereocenters. The van der Waals surface area contributed by atoms with Crippen molar-refractivity contribution < 1.29 is 23.0 Å². The maximum Gasteiger partial charge on any atom is 0.288 e. The molecule has 23 heavy (non-hydrogen) atoms. The van der Waals surface area contributed by atoms with E-state index in [0.29, 0.717) is 52.6 Å². The molecule has 0 aliphatic carbocycles. The number of anilines is 1. The number of halogens is 2. The number of rotatable bonds is 4. The lowest BCUT2D eigenvalue weighted by atomic mass is 10.1. The Morgan fingerprint density at radius 1 is 1.04 bits per heavy atom. The number of benzene rings is 2. The van der Waals surface area contributed by atoms with Gasteiger partial charge in [-0.15, -0.1) is 0 Å². The van der Waals surface area contributed by atoms with Crippen molar-refractivity contribution in [1.29, 1.82) is 0 Å². The lowest BCUT2D eigenvalue weighted by molar-refractivity contribution is 0.102. The highest BCUT2D eigenvalue weighted by Crippen LogP contribution is 2.31. The van der Waals surface area contributed by atoms with E-state index in [0.717, 1.165) is 0 Å². The summed E-state index contributed by atoms with van der Waals surface area (Å²) in [7, 11) is 0. The van der Waals surface area contributed by atoms with E-state index in [-0.39, 0.29) is 5.91 Å². The minimum atomic E-state index is -2.46. The molecular weight excluding hydrogens is 324 g/mol. The Kier molecular flexibility index (Phi) is 4.66. The summed E-state index contributed by atoms with van der Waals surface area (Å²) >= 11 is 0.461. The number of amides is 1. The number of hydrogen-bond donors (Lipinski definition) is 1. The Hall–Kier alpha value is -2.28. The van der Waals surface area contributed by atoms with Crippen LogP contribution in [0, 0.1) is 0 Å². The first-order valence-electron chi connectivity index (χ1n) is 6.88. The molecule has 0 radical (unpaired) electrons. The van der Waals surface area contributed by atoms with Crippen LogP contribution in [0.1, 0.15) is 10.4 Å². The van der Waals surface area contributed by atoms with Crippen LogP contribution < -0.4 is 14.8 Å². The summed E-state index contributed by atoms with van der Waals surface area (Å²) in [5.41, 5.74) is 0.962. The van der Waals surface area contributed by atoms with E-state index in [1.165, 1.54) is 12.1 Å². The van der Waals surface area contributed by atoms with Crippen molar-refractivity contribution in [3.63, 3.8) is 0 Å². The standard InChI is InChI=1S/C16H13F2NO3S/c17-16(18)23-12-4-2-11(3-5-12)19-15(20)10-1-6-13-14(9-10)22-8-7-21-13/h1-6,9,16H,7-8H2,(H,19,20). The van der Waals surface area contributed by atoms with Gasteiger partial charge in [-0.1, -0.05) is 11.8 Å². The van der Waals surface area contributed by atoms with E-state index in [1.807, 2.05) is 0 Å². The predicted octanol–water partition coefficient (Wildman–Crippen LogP) is 4.02. The third kappa shape index (κ3) is 3.92. The van der Waals surface area contributed by atoms with Gasteiger partial charge in [0.15, 0.2) is 11.5 Å². The second-order valence-corrected chi connectivity index (χ2v) is 5.78. The normalized spacial score (nSPS) is 13.0. The second-order valence-electron chi connectivity index (χ2n) is 4.72. The van der Waals surface area contributed by atoms with Gasteiger partial charge in [-0.05, 0) is 42.5 Å². The van der Waals surface area contributed by atoms with Crippen molar-refractivity contribution in [1.82, 2.24) is 0 Å². The van der Waals surface area contributed by atoms with Crippen molar-refractivity contribution in [2.45, 2.75) is 10.7 Å². The van der Waals surface area contributed by atoms with Gasteiger partial charge in [0, 0.05) is 16.1 Å². The quantitative estimate of drug-likeness (QED) is 0.856. The molecule has 0 fully saturated rings. The molecule has 1 aliphatic heterocycles. The number of carbonyl (C=O) groups excluding carboxylic acids is 1. The lowest BCUT2D eigenvalue weighted by Crippen LogP contribution is -2.17. The van der Waals surface area contributed by atoms with Crippen molar-refractivity contribution >= 4 is 23.4 Å². The molecule has 1 amide bonds. The van der Waals surface area contributed by atoms with Crippen LogP contribution in [-0.4, -0.2) is 24.9 Å². The fourth-order valence-corrected chi connectivity index (χ4v) is 2.61. The van der Waals surface area contributed by atoms with Crippen LogP contribution in [0.5, 0.6) is 11.5 Å². The summed E-state index contributed by atoms with van der Waals surface area (Å²) in [5, 5.41) is 2.71. The largest absolute Gasteiger partial charge is 0.486 e. The van der Waals surface area contributed by atoms with Gasteiger partial charge in [0.1, 0.15) is 13.2 Å². The molecule has 2 aromatic rings. The molecule has 4 nitrogen and oxygen atoms in total. The number of hydrogen-bond acceptors (Lipinski definition) is 4. The van der Waals surface area contributed by atoms with Crippen LogP contribution in [0.3, 0.4) is 0 Å². The van der Waals surface area contributed by atoms with E-state index >= 15 is 0 Å². The molecule has 1 heterocycles. The third-order valence-corrected chi connectivity index (χ3v) is 3.86. The zero-order valence-electron chi connectivity index (χ0n) is 11.9. The summed E-state index contributed by atoms with van der Waals surface area (Å²) < 4.78 is 35.4. The average molecular weight is 337 g/mol. The van der Waals surface area contributed by atoms with Crippen molar-refractivity contribution in [2.24, 2.45) is 0 Å². The van der Waals surface area contributed by atoms with Gasteiger partial charge >= 0.3 is 0 Å². The maximum atomic E-state index is 12.3. The minimum absolute atomic E-state index is 0.309. The smallest absolute Gasteiger partial charge is 0.288 e. The molecule has 0 saturated carbocycles. The van der Waals surface area contributed by atoms with Gasteiger partial charge in [0.25, 0.3) is 11.7 Å². The highest BCUT2D eigenvalue weighted by Gasteiger charge is 2.15. The van der Waals surface area contributed by atoms with Gasteiger partial charge in [0.2, 0.25) is 0 Å². The van der Waals surface area contributed by atoms with Crippen LogP contribution in [0.4, 0.5) is 14.5 Å². The lowest BCUT2D eigenvalue weighted by Gasteiger charge is -2.18. The number of fused-ring (bicyclic) bond motifs is 1. The number of alkyl halides is 2. The van der Waals surface area contributed by atoms with Gasteiger partial charge in [-0.2, -0.15) is 8.78 Å². The molecule has 1 aliphatic rings. The fraction of sp³-hybridized carbons (Fsp3) is 0.188. The molecule has 3 rings (SSSR count). The average Bonchev–Trinajstić information content (AvgIpc) is 2.55. The summed E-state index contributed by atoms with van der Waals surface area (Å²) in [6.07, 6.45) is 0. The number of thioether (sulfide) groups is 1. The topological polar surface area (TPSA) is 47.6 Å². The zero-order valence-corrected chi connectivity index (χ0v) is 12.7. The predicted molar refractivity (Wildman–Crippen MR) is 83.7 cm³/mol. The maximum absolute atomic E-state index is 12.3. The SMILES string of the molecule is O=C(Nc1ccc(SC(F)F)cc1)c1ccc2c(c1)OCCO2. The molecule has 0 atom stereocenters. The van der Waals surface area contributed by atoms with Gasteiger partial charge in [-0.3, -0.25) is 4.79 Å². The van der Waals surface area contributed by atoms with E-state index in [9.17, 15) is 13.6 Å². The molecule has 0 spiro atoms. The Morgan fingerprint density at radius 3 is 2.43 bits per heavy atom. The van der Waals surface area contributed by atoms with Crippen LogP contribution >= 0.6 is 11.8 Å². The second kappa shape index (κ2) is 6.87. The number of carbonyl (C=O) groups is 1. The first-order chi connectivity index (χ1) is 11.1. The Balaban J connectivity index is 1.69. The van der Waals surface area contributed by atoms with Crippen molar-refractivity contribution in [2.75, 3.05) is 18.5 Å². The molecule has 2 aromatic carbocycles. The number of ether oxygens (including phenoxy) is 2. The molecule has 0 saturated heterocycles. The van der Waals surface area contributed by atoms with E-state index in [2.05, 4.69) is 5.32 Å². The summed E-state index contributed by atoms with van der Waals surface area (Å²) in [4.78, 5) is 12.7. The van der Waals surface area contributed by atoms with E-state index in [1.54, 1.807) is 30.3 Å². The summed E-state index contributed by atoms with van der Waals surface area (Å²) in [6, 6.07) is 11.2. The first-order valence-corrected chi connectivity index (χ1v) is 7.76. The Morgan fingerprint density at radius 2 is 1.74 bits per heavy atom. The molecule has 0 bridgehead atoms. The third-order valence-electron chi connectivity index (χ3n) is 3.14. The minimum Gasteiger partial charge on any atom is -0.486 e. The molecule has 1 N–H and O–H groups in total. The van der Waals surface area contributed by atoms with Gasteiger partial charge < -0.3 is 14.8 Å². The first kappa shape index (κ1) is 15.6. The fourth-order valence-electron chi connectivity index (χ4n) is 2.11. The summed E-state index contributed by atoms with van der Waals surface area (Å²) in [6.45, 7) is 0.933. The molecular formula is C16H13F2NO3S. The zero-order chi connectivity index (χ0) is 16.2. The van der Waals surface area contributed by atoms with E-state index < -0.39 is 5.76 Å².